The van der Waals surface area contributed by atoms with Crippen LogP contribution in [-0.2, 0) is 6.42 Å². The fourth-order valence-electron chi connectivity index (χ4n) is 2.18. The maximum absolute atomic E-state index is 6.03. The highest BCUT2D eigenvalue weighted by Crippen LogP contribution is 2.31. The monoisotopic (exact) mass is 267 g/mol. The topological polar surface area (TPSA) is 29.0 Å². The van der Waals surface area contributed by atoms with Crippen LogP contribution in [0.15, 0.2) is 6.07 Å². The molecule has 0 radical (unpaired) electrons. The van der Waals surface area contributed by atoms with Crippen molar-refractivity contribution in [1.82, 2.24) is 9.97 Å². The summed E-state index contributed by atoms with van der Waals surface area (Å²) in [5.41, 5.74) is 1.06. The van der Waals surface area contributed by atoms with Gasteiger partial charge in [0.25, 0.3) is 0 Å². The lowest BCUT2D eigenvalue weighted by atomic mass is 10.2. The Labute approximate surface area is 115 Å². The van der Waals surface area contributed by atoms with E-state index in [-0.39, 0.29) is 0 Å². The van der Waals surface area contributed by atoms with Gasteiger partial charge in [0.2, 0.25) is 5.28 Å². The highest BCUT2D eigenvalue weighted by atomic mass is 35.5. The number of hydrogen-bond donors (Lipinski definition) is 0. The van der Waals surface area contributed by atoms with Gasteiger partial charge in [-0.25, -0.2) is 9.97 Å². The van der Waals surface area contributed by atoms with Gasteiger partial charge in [0.1, 0.15) is 5.82 Å². The summed E-state index contributed by atoms with van der Waals surface area (Å²) in [5.74, 6) is 1.87. The molecule has 1 aliphatic carbocycles. The minimum Gasteiger partial charge on any atom is -0.356 e. The SMILES string of the molecule is CCCc1cc(N(CCC)CC2CC2)nc(Cl)n1. The van der Waals surface area contributed by atoms with Crippen molar-refractivity contribution in [1.29, 1.82) is 0 Å². The molecule has 1 heterocycles. The summed E-state index contributed by atoms with van der Waals surface area (Å²) in [5, 5.41) is 0.382. The molecule has 18 heavy (non-hydrogen) atoms. The fraction of sp³-hybridized carbons (Fsp3) is 0.714. The van der Waals surface area contributed by atoms with E-state index in [9.17, 15) is 0 Å². The Bertz CT molecular complexity index is 391. The molecule has 0 unspecified atom stereocenters. The van der Waals surface area contributed by atoms with Crippen LogP contribution in [-0.4, -0.2) is 23.1 Å². The summed E-state index contributed by atoms with van der Waals surface area (Å²) < 4.78 is 0. The number of anilines is 1. The average molecular weight is 268 g/mol. The van der Waals surface area contributed by atoms with E-state index >= 15 is 0 Å². The molecule has 100 valence electrons. The Hall–Kier alpha value is -0.830. The lowest BCUT2D eigenvalue weighted by molar-refractivity contribution is 0.696. The van der Waals surface area contributed by atoms with Gasteiger partial charge in [-0.05, 0) is 43.2 Å². The Morgan fingerprint density at radius 3 is 2.67 bits per heavy atom. The van der Waals surface area contributed by atoms with E-state index in [1.807, 2.05) is 0 Å². The molecule has 1 aromatic heterocycles. The highest BCUT2D eigenvalue weighted by Gasteiger charge is 2.25. The predicted octanol–water partition coefficient (Wildman–Crippen LogP) is 3.71. The first-order valence-electron chi connectivity index (χ1n) is 7.01. The van der Waals surface area contributed by atoms with Crippen molar-refractivity contribution in [3.05, 3.63) is 17.0 Å². The fourth-order valence-corrected chi connectivity index (χ4v) is 2.37. The van der Waals surface area contributed by atoms with E-state index < -0.39 is 0 Å². The van der Waals surface area contributed by atoms with Gasteiger partial charge in [0.15, 0.2) is 0 Å². The second-order valence-corrected chi connectivity index (χ2v) is 5.46. The van der Waals surface area contributed by atoms with E-state index in [1.54, 1.807) is 0 Å². The molecular formula is C14H22ClN3. The molecule has 1 fully saturated rings. The molecule has 1 aromatic rings. The molecule has 0 saturated heterocycles. The van der Waals surface area contributed by atoms with Crippen molar-refractivity contribution in [3.63, 3.8) is 0 Å². The highest BCUT2D eigenvalue weighted by molar-refractivity contribution is 6.28. The van der Waals surface area contributed by atoms with Crippen LogP contribution in [0, 0.1) is 5.92 Å². The molecular weight excluding hydrogens is 246 g/mol. The molecule has 0 aliphatic heterocycles. The van der Waals surface area contributed by atoms with Gasteiger partial charge in [-0.3, -0.25) is 0 Å². The molecule has 3 nitrogen and oxygen atoms in total. The first-order valence-corrected chi connectivity index (χ1v) is 7.39. The molecule has 1 saturated carbocycles. The lowest BCUT2D eigenvalue weighted by Gasteiger charge is -2.23. The van der Waals surface area contributed by atoms with Crippen molar-refractivity contribution >= 4 is 17.4 Å². The van der Waals surface area contributed by atoms with E-state index in [2.05, 4.69) is 34.8 Å². The molecule has 0 amide bonds. The van der Waals surface area contributed by atoms with Crippen LogP contribution in [0.2, 0.25) is 5.28 Å². The Balaban J connectivity index is 2.15. The summed E-state index contributed by atoms with van der Waals surface area (Å²) in [6, 6.07) is 2.10. The normalized spacial score (nSPS) is 14.8. The van der Waals surface area contributed by atoms with Gasteiger partial charge < -0.3 is 4.90 Å². The predicted molar refractivity (Wildman–Crippen MR) is 76.3 cm³/mol. The number of halogens is 1. The van der Waals surface area contributed by atoms with Gasteiger partial charge in [-0.1, -0.05) is 20.3 Å². The van der Waals surface area contributed by atoms with Crippen LogP contribution >= 0.6 is 11.6 Å². The summed E-state index contributed by atoms with van der Waals surface area (Å²) in [6.07, 6.45) is 5.92. The molecule has 0 N–H and O–H groups in total. The van der Waals surface area contributed by atoms with Crippen LogP contribution in [0.4, 0.5) is 5.82 Å². The van der Waals surface area contributed by atoms with Gasteiger partial charge in [0, 0.05) is 24.8 Å². The molecule has 2 rings (SSSR count). The van der Waals surface area contributed by atoms with Gasteiger partial charge >= 0.3 is 0 Å². The second-order valence-electron chi connectivity index (χ2n) is 5.13. The van der Waals surface area contributed by atoms with Gasteiger partial charge in [-0.15, -0.1) is 0 Å². The van der Waals surface area contributed by atoms with Crippen LogP contribution < -0.4 is 4.90 Å². The first kappa shape index (κ1) is 13.6. The summed E-state index contributed by atoms with van der Waals surface area (Å²) >= 11 is 6.03. The van der Waals surface area contributed by atoms with E-state index in [4.69, 9.17) is 11.6 Å². The van der Waals surface area contributed by atoms with Crippen LogP contribution in [0.3, 0.4) is 0 Å². The zero-order valence-corrected chi connectivity index (χ0v) is 12.1. The Kier molecular flexibility index (Phi) is 4.81. The van der Waals surface area contributed by atoms with E-state index in [0.29, 0.717) is 5.28 Å². The summed E-state index contributed by atoms with van der Waals surface area (Å²) in [7, 11) is 0. The molecule has 0 spiro atoms. The third-order valence-corrected chi connectivity index (χ3v) is 3.41. The largest absolute Gasteiger partial charge is 0.356 e. The summed E-state index contributed by atoms with van der Waals surface area (Å²) in [6.45, 7) is 6.53. The van der Waals surface area contributed by atoms with Crippen molar-refractivity contribution < 1.29 is 0 Å². The number of rotatable bonds is 7. The molecule has 0 aromatic carbocycles. The lowest BCUT2D eigenvalue weighted by Crippen LogP contribution is -2.27. The summed E-state index contributed by atoms with van der Waals surface area (Å²) in [4.78, 5) is 11.1. The number of hydrogen-bond acceptors (Lipinski definition) is 3. The van der Waals surface area contributed by atoms with Crippen LogP contribution in [0.1, 0.15) is 45.2 Å². The smallest absolute Gasteiger partial charge is 0.224 e. The maximum Gasteiger partial charge on any atom is 0.224 e. The number of nitrogens with zero attached hydrogens (tertiary/aromatic N) is 3. The molecule has 1 aliphatic rings. The Morgan fingerprint density at radius 1 is 1.28 bits per heavy atom. The standard InChI is InChI=1S/C14H22ClN3/c1-3-5-12-9-13(17-14(15)16-12)18(8-4-2)10-11-6-7-11/h9,11H,3-8,10H2,1-2H3. The van der Waals surface area contributed by atoms with Gasteiger partial charge in [-0.2, -0.15) is 0 Å². The second kappa shape index (κ2) is 6.37. The van der Waals surface area contributed by atoms with Crippen molar-refractivity contribution in [2.75, 3.05) is 18.0 Å². The number of aromatic nitrogens is 2. The molecule has 0 atom stereocenters. The zero-order valence-electron chi connectivity index (χ0n) is 11.3. The minimum absolute atomic E-state index is 0.382. The van der Waals surface area contributed by atoms with Crippen molar-refractivity contribution in [2.45, 2.75) is 46.0 Å². The first-order chi connectivity index (χ1) is 8.72. The average Bonchev–Trinajstić information content (AvgIpc) is 3.12. The molecule has 0 bridgehead atoms. The van der Waals surface area contributed by atoms with Crippen molar-refractivity contribution in [2.24, 2.45) is 5.92 Å². The third kappa shape index (κ3) is 3.84. The minimum atomic E-state index is 0.382. The molecule has 4 heteroatoms. The van der Waals surface area contributed by atoms with E-state index in [0.717, 1.165) is 49.8 Å². The van der Waals surface area contributed by atoms with E-state index in [1.165, 1.54) is 12.8 Å². The third-order valence-electron chi connectivity index (χ3n) is 3.24. The Morgan fingerprint density at radius 2 is 2.06 bits per heavy atom. The quantitative estimate of drug-likeness (QED) is 0.705. The van der Waals surface area contributed by atoms with Crippen LogP contribution in [0.5, 0.6) is 0 Å². The van der Waals surface area contributed by atoms with Crippen molar-refractivity contribution in [3.8, 4) is 0 Å². The van der Waals surface area contributed by atoms with Crippen LogP contribution in [0.25, 0.3) is 0 Å². The van der Waals surface area contributed by atoms with Gasteiger partial charge in [0.05, 0.1) is 0 Å². The maximum atomic E-state index is 6.03. The number of aryl methyl sites for hydroxylation is 1. The zero-order chi connectivity index (χ0) is 13.0.